The first-order chi connectivity index (χ1) is 12.0. The van der Waals surface area contributed by atoms with Crippen LogP contribution in [0.15, 0.2) is 41.4 Å². The van der Waals surface area contributed by atoms with Gasteiger partial charge in [-0.2, -0.15) is 4.99 Å². The lowest BCUT2D eigenvalue weighted by molar-refractivity contribution is 0.0997. The first-order valence-electron chi connectivity index (χ1n) is 7.32. The lowest BCUT2D eigenvalue weighted by atomic mass is 10.2. The molecule has 1 aromatic heterocycles. The summed E-state index contributed by atoms with van der Waals surface area (Å²) in [4.78, 5) is 17.1. The summed E-state index contributed by atoms with van der Waals surface area (Å²) in [6.07, 6.45) is 0. The molecule has 3 aromatic rings. The van der Waals surface area contributed by atoms with E-state index in [2.05, 4.69) is 4.99 Å². The molecule has 0 fully saturated rings. The van der Waals surface area contributed by atoms with Crippen LogP contribution in [0.5, 0.6) is 0 Å². The zero-order valence-electron chi connectivity index (χ0n) is 13.1. The lowest BCUT2D eigenvalue weighted by Gasteiger charge is -2.06. The molecule has 8 heteroatoms. The van der Waals surface area contributed by atoms with Gasteiger partial charge in [-0.05, 0) is 36.4 Å². The highest BCUT2D eigenvalue weighted by molar-refractivity contribution is 7.16. The Morgan fingerprint density at radius 1 is 1.24 bits per heavy atom. The average Bonchev–Trinajstić information content (AvgIpc) is 2.94. The summed E-state index contributed by atoms with van der Waals surface area (Å²) in [5, 5.41) is 0.830. The van der Waals surface area contributed by atoms with E-state index in [1.165, 1.54) is 35.6 Å². The highest BCUT2D eigenvalue weighted by atomic mass is 35.5. The fraction of sp³-hybridized carbons (Fsp3) is 0.176. The maximum Gasteiger partial charge on any atom is 0.279 e. The van der Waals surface area contributed by atoms with E-state index in [9.17, 15) is 9.18 Å². The Morgan fingerprint density at radius 2 is 1.96 bits per heavy atom. The van der Waals surface area contributed by atoms with Crippen molar-refractivity contribution < 1.29 is 13.9 Å². The third-order valence-corrected chi connectivity index (χ3v) is 5.38. The van der Waals surface area contributed by atoms with Gasteiger partial charge in [-0.3, -0.25) is 4.79 Å². The molecule has 1 heterocycles. The molecule has 4 nitrogen and oxygen atoms in total. The number of hydrogen-bond donors (Lipinski definition) is 0. The molecule has 0 bridgehead atoms. The first-order valence-corrected chi connectivity index (χ1v) is 8.89. The van der Waals surface area contributed by atoms with Crippen molar-refractivity contribution in [3.05, 3.63) is 62.6 Å². The van der Waals surface area contributed by atoms with Gasteiger partial charge >= 0.3 is 0 Å². The predicted molar refractivity (Wildman–Crippen MR) is 98.0 cm³/mol. The normalized spacial score (nSPS) is 12.1. The molecule has 0 radical (unpaired) electrons. The number of fused-ring (bicyclic) bond motifs is 1. The zero-order chi connectivity index (χ0) is 18.0. The van der Waals surface area contributed by atoms with Gasteiger partial charge in [-0.1, -0.05) is 34.5 Å². The van der Waals surface area contributed by atoms with Crippen LogP contribution in [0.3, 0.4) is 0 Å². The van der Waals surface area contributed by atoms with Gasteiger partial charge in [0.2, 0.25) is 0 Å². The molecule has 0 unspecified atom stereocenters. The minimum atomic E-state index is -0.458. The van der Waals surface area contributed by atoms with Crippen LogP contribution in [0.1, 0.15) is 10.4 Å². The van der Waals surface area contributed by atoms with Crippen LogP contribution in [-0.2, 0) is 11.3 Å². The minimum Gasteiger partial charge on any atom is -0.383 e. The van der Waals surface area contributed by atoms with Gasteiger partial charge in [0.15, 0.2) is 4.80 Å². The molecule has 0 aliphatic heterocycles. The van der Waals surface area contributed by atoms with Crippen molar-refractivity contribution in [2.75, 3.05) is 13.7 Å². The fourth-order valence-electron chi connectivity index (χ4n) is 2.32. The Hall–Kier alpha value is -1.73. The number of benzene rings is 2. The van der Waals surface area contributed by atoms with Gasteiger partial charge in [0.1, 0.15) is 5.82 Å². The summed E-state index contributed by atoms with van der Waals surface area (Å²) in [6, 6.07) is 8.79. The molecule has 130 valence electrons. The van der Waals surface area contributed by atoms with Crippen LogP contribution in [0.2, 0.25) is 10.0 Å². The summed E-state index contributed by atoms with van der Waals surface area (Å²) in [6.45, 7) is 0.888. The van der Waals surface area contributed by atoms with E-state index in [0.717, 1.165) is 4.70 Å². The molecular formula is C17H13Cl2FN2O2S. The number of carbonyl (C=O) groups excluding carboxylic acids is 1. The molecule has 0 N–H and O–H groups in total. The van der Waals surface area contributed by atoms with E-state index in [0.29, 0.717) is 39.1 Å². The molecular weight excluding hydrogens is 386 g/mol. The van der Waals surface area contributed by atoms with Crippen molar-refractivity contribution in [3.63, 3.8) is 0 Å². The molecule has 0 aliphatic carbocycles. The largest absolute Gasteiger partial charge is 0.383 e. The fourth-order valence-corrected chi connectivity index (χ4v) is 3.86. The lowest BCUT2D eigenvalue weighted by Crippen LogP contribution is -2.19. The number of ether oxygens (including phenoxy) is 1. The quantitative estimate of drug-likeness (QED) is 0.647. The van der Waals surface area contributed by atoms with Crippen LogP contribution in [0.4, 0.5) is 4.39 Å². The van der Waals surface area contributed by atoms with Crippen LogP contribution in [0, 0.1) is 5.82 Å². The number of rotatable bonds is 4. The number of nitrogens with zero attached hydrogens (tertiary/aromatic N) is 2. The highest BCUT2D eigenvalue weighted by Gasteiger charge is 2.14. The molecule has 0 spiro atoms. The summed E-state index contributed by atoms with van der Waals surface area (Å²) in [5.41, 5.74) is 1.02. The first kappa shape index (κ1) is 18.1. The maximum absolute atomic E-state index is 13.0. The van der Waals surface area contributed by atoms with E-state index in [4.69, 9.17) is 27.9 Å². The van der Waals surface area contributed by atoms with E-state index < -0.39 is 11.7 Å². The maximum atomic E-state index is 13.0. The standard InChI is InChI=1S/C17H13Cl2FN2O2S/c1-24-9-8-22-15-13(7-6-12(18)14(15)19)25-17(22)21-16(23)10-2-4-11(20)5-3-10/h2-7H,8-9H2,1H3. The second kappa shape index (κ2) is 7.66. The second-order valence-electron chi connectivity index (χ2n) is 5.16. The SMILES string of the molecule is COCCn1c(=NC(=O)c2ccc(F)cc2)sc2ccc(Cl)c(Cl)c21. The molecule has 0 aliphatic rings. The molecule has 0 saturated heterocycles. The summed E-state index contributed by atoms with van der Waals surface area (Å²) in [5.74, 6) is -0.866. The van der Waals surface area contributed by atoms with Crippen LogP contribution >= 0.6 is 34.5 Å². The Bertz CT molecular complexity index is 996. The van der Waals surface area contributed by atoms with Gasteiger partial charge in [-0.15, -0.1) is 0 Å². The van der Waals surface area contributed by atoms with Crippen LogP contribution in [-0.4, -0.2) is 24.2 Å². The van der Waals surface area contributed by atoms with Crippen molar-refractivity contribution in [2.45, 2.75) is 6.54 Å². The Morgan fingerprint density at radius 3 is 2.64 bits per heavy atom. The van der Waals surface area contributed by atoms with Gasteiger partial charge in [0, 0.05) is 19.2 Å². The predicted octanol–water partition coefficient (Wildman–Crippen LogP) is 4.54. The van der Waals surface area contributed by atoms with Gasteiger partial charge in [0.05, 0.1) is 26.9 Å². The number of aromatic nitrogens is 1. The third kappa shape index (κ3) is 3.77. The van der Waals surface area contributed by atoms with Crippen LogP contribution in [0.25, 0.3) is 10.2 Å². The highest BCUT2D eigenvalue weighted by Crippen LogP contribution is 2.32. The number of methoxy groups -OCH3 is 1. The molecule has 1 amide bonds. The van der Waals surface area contributed by atoms with E-state index in [1.54, 1.807) is 17.7 Å². The van der Waals surface area contributed by atoms with Crippen LogP contribution < -0.4 is 4.80 Å². The zero-order valence-corrected chi connectivity index (χ0v) is 15.5. The Balaban J connectivity index is 2.15. The summed E-state index contributed by atoms with van der Waals surface area (Å²) >= 11 is 13.8. The summed E-state index contributed by atoms with van der Waals surface area (Å²) in [7, 11) is 1.59. The van der Waals surface area contributed by atoms with Crippen molar-refractivity contribution in [1.29, 1.82) is 0 Å². The topological polar surface area (TPSA) is 43.6 Å². The van der Waals surface area contributed by atoms with Gasteiger partial charge < -0.3 is 9.30 Å². The molecule has 2 aromatic carbocycles. The van der Waals surface area contributed by atoms with Crippen molar-refractivity contribution >= 4 is 50.7 Å². The van der Waals surface area contributed by atoms with E-state index in [1.807, 2.05) is 6.07 Å². The van der Waals surface area contributed by atoms with Gasteiger partial charge in [-0.25, -0.2) is 4.39 Å². The number of hydrogen-bond acceptors (Lipinski definition) is 3. The number of amides is 1. The molecule has 25 heavy (non-hydrogen) atoms. The molecule has 0 atom stereocenters. The average molecular weight is 399 g/mol. The van der Waals surface area contributed by atoms with Crippen molar-refractivity contribution in [1.82, 2.24) is 4.57 Å². The van der Waals surface area contributed by atoms with E-state index in [-0.39, 0.29) is 0 Å². The van der Waals surface area contributed by atoms with Crippen molar-refractivity contribution in [2.24, 2.45) is 4.99 Å². The van der Waals surface area contributed by atoms with E-state index >= 15 is 0 Å². The Kier molecular flexibility index (Phi) is 5.54. The second-order valence-corrected chi connectivity index (χ2v) is 6.96. The molecule has 0 saturated carbocycles. The number of halogens is 3. The number of carbonyl (C=O) groups is 1. The monoisotopic (exact) mass is 398 g/mol. The third-order valence-electron chi connectivity index (χ3n) is 3.54. The van der Waals surface area contributed by atoms with Gasteiger partial charge in [0.25, 0.3) is 5.91 Å². The van der Waals surface area contributed by atoms with Crippen molar-refractivity contribution in [3.8, 4) is 0 Å². The smallest absolute Gasteiger partial charge is 0.279 e. The summed E-state index contributed by atoms with van der Waals surface area (Å²) < 4.78 is 20.8. The molecule has 3 rings (SSSR count). The minimum absolute atomic E-state index is 0.307. The Labute approximate surface area is 157 Å². The number of thiazole rings is 1.